The van der Waals surface area contributed by atoms with Gasteiger partial charge in [-0.25, -0.2) is 0 Å². The number of nitrogens with one attached hydrogen (secondary N) is 1. The molecule has 0 atom stereocenters. The normalized spacial score (nSPS) is 18.5. The Morgan fingerprint density at radius 1 is 1.29 bits per heavy atom. The van der Waals surface area contributed by atoms with Gasteiger partial charge < -0.3 is 10.2 Å². The summed E-state index contributed by atoms with van der Waals surface area (Å²) >= 11 is 0. The van der Waals surface area contributed by atoms with Crippen LogP contribution in [0.1, 0.15) is 50.8 Å². The first-order valence-corrected chi connectivity index (χ1v) is 8.56. The zero-order valence-electron chi connectivity index (χ0n) is 14.0. The highest BCUT2D eigenvalue weighted by molar-refractivity contribution is 5.52. The zero-order chi connectivity index (χ0) is 15.0. The summed E-state index contributed by atoms with van der Waals surface area (Å²) in [7, 11) is 2.11. The second-order valence-corrected chi connectivity index (χ2v) is 7.36. The molecule has 0 aromatic carbocycles. The number of hydrogen-bond donors (Lipinski definition) is 1. The molecule has 2 aliphatic carbocycles. The fourth-order valence-corrected chi connectivity index (χ4v) is 3.12. The number of hydrogen-bond acceptors (Lipinski definition) is 3. The number of anilines is 1. The van der Waals surface area contributed by atoms with Gasteiger partial charge in [0.25, 0.3) is 0 Å². The highest BCUT2D eigenvalue weighted by Crippen LogP contribution is 2.39. The Labute approximate surface area is 128 Å². The van der Waals surface area contributed by atoms with Crippen LogP contribution in [0.2, 0.25) is 0 Å². The molecule has 0 aliphatic heterocycles. The fourth-order valence-electron chi connectivity index (χ4n) is 3.12. The van der Waals surface area contributed by atoms with Crippen LogP contribution >= 0.6 is 0 Å². The summed E-state index contributed by atoms with van der Waals surface area (Å²) in [5, 5.41) is 8.30. The molecule has 2 fully saturated rings. The molecule has 1 aromatic heterocycles. The summed E-state index contributed by atoms with van der Waals surface area (Å²) in [5.74, 6) is 2.99. The van der Waals surface area contributed by atoms with E-state index in [-0.39, 0.29) is 0 Å². The molecule has 2 aliphatic rings. The molecule has 1 aromatic rings. The summed E-state index contributed by atoms with van der Waals surface area (Å²) in [5.41, 5.74) is 2.59. The summed E-state index contributed by atoms with van der Waals surface area (Å²) < 4.78 is 2.11. The molecule has 4 nitrogen and oxygen atoms in total. The van der Waals surface area contributed by atoms with E-state index in [4.69, 9.17) is 5.10 Å². The van der Waals surface area contributed by atoms with E-state index in [1.54, 1.807) is 0 Å². The van der Waals surface area contributed by atoms with Crippen LogP contribution in [0.25, 0.3) is 0 Å². The quantitative estimate of drug-likeness (QED) is 0.799. The third-order valence-corrected chi connectivity index (χ3v) is 4.58. The third kappa shape index (κ3) is 3.60. The minimum Gasteiger partial charge on any atom is -0.353 e. The van der Waals surface area contributed by atoms with E-state index in [2.05, 4.69) is 42.7 Å². The van der Waals surface area contributed by atoms with E-state index in [9.17, 15) is 0 Å². The predicted octanol–water partition coefficient (Wildman–Crippen LogP) is 2.85. The first kappa shape index (κ1) is 14.9. The molecule has 0 amide bonds. The monoisotopic (exact) mass is 290 g/mol. The molecule has 0 unspecified atom stereocenters. The smallest absolute Gasteiger partial charge is 0.131 e. The van der Waals surface area contributed by atoms with E-state index in [1.807, 2.05) is 0 Å². The Kier molecular flexibility index (Phi) is 4.25. The van der Waals surface area contributed by atoms with Crippen molar-refractivity contribution < 1.29 is 0 Å². The van der Waals surface area contributed by atoms with Crippen LogP contribution in [-0.4, -0.2) is 28.9 Å². The average molecular weight is 290 g/mol. The van der Waals surface area contributed by atoms with Gasteiger partial charge in [-0.3, -0.25) is 4.68 Å². The topological polar surface area (TPSA) is 33.1 Å². The molecular weight excluding hydrogens is 260 g/mol. The van der Waals surface area contributed by atoms with E-state index >= 15 is 0 Å². The summed E-state index contributed by atoms with van der Waals surface area (Å²) in [6, 6.07) is 0.768. The van der Waals surface area contributed by atoms with Crippen molar-refractivity contribution in [3.05, 3.63) is 11.3 Å². The molecule has 118 valence electrons. The highest BCUT2D eigenvalue weighted by atomic mass is 15.4. The van der Waals surface area contributed by atoms with Crippen molar-refractivity contribution in [3.63, 3.8) is 0 Å². The van der Waals surface area contributed by atoms with Gasteiger partial charge in [-0.05, 0) is 51.0 Å². The Hall–Kier alpha value is -1.03. The number of aryl methyl sites for hydroxylation is 2. The maximum absolute atomic E-state index is 4.70. The minimum absolute atomic E-state index is 0.691. The van der Waals surface area contributed by atoms with Crippen molar-refractivity contribution >= 4 is 5.82 Å². The Bertz CT molecular complexity index is 483. The summed E-state index contributed by atoms with van der Waals surface area (Å²) in [6.45, 7) is 9.92. The zero-order valence-corrected chi connectivity index (χ0v) is 14.0. The van der Waals surface area contributed by atoms with Crippen LogP contribution < -0.4 is 10.2 Å². The molecule has 0 radical (unpaired) electrons. The average Bonchev–Trinajstić information content (AvgIpc) is 3.28. The van der Waals surface area contributed by atoms with Crippen LogP contribution in [0, 0.1) is 18.8 Å². The van der Waals surface area contributed by atoms with Gasteiger partial charge in [-0.2, -0.15) is 5.10 Å². The number of nitrogens with zero attached hydrogens (tertiary/aromatic N) is 3. The van der Waals surface area contributed by atoms with E-state index in [0.29, 0.717) is 5.92 Å². The largest absolute Gasteiger partial charge is 0.353 e. The first-order valence-electron chi connectivity index (χ1n) is 8.56. The molecule has 21 heavy (non-hydrogen) atoms. The van der Waals surface area contributed by atoms with Crippen molar-refractivity contribution in [3.8, 4) is 0 Å². The van der Waals surface area contributed by atoms with Gasteiger partial charge in [-0.15, -0.1) is 0 Å². The maximum Gasteiger partial charge on any atom is 0.131 e. The first-order chi connectivity index (χ1) is 10.1. The Morgan fingerprint density at radius 3 is 2.57 bits per heavy atom. The standard InChI is InChI=1S/C17H30N4/c1-12(2)9-18-10-16-13(3)19-20(4)17(16)21(15-7-8-15)11-14-5-6-14/h12,14-15,18H,5-11H2,1-4H3. The number of rotatable bonds is 8. The molecule has 0 saturated heterocycles. The summed E-state index contributed by atoms with van der Waals surface area (Å²) in [6.07, 6.45) is 5.55. The van der Waals surface area contributed by atoms with Gasteiger partial charge in [0, 0.05) is 31.7 Å². The lowest BCUT2D eigenvalue weighted by Crippen LogP contribution is -2.31. The van der Waals surface area contributed by atoms with E-state index in [0.717, 1.165) is 25.0 Å². The van der Waals surface area contributed by atoms with Crippen LogP contribution in [0.15, 0.2) is 0 Å². The van der Waals surface area contributed by atoms with Crippen LogP contribution in [0.3, 0.4) is 0 Å². The molecule has 1 heterocycles. The molecule has 0 spiro atoms. The lowest BCUT2D eigenvalue weighted by Gasteiger charge is -2.26. The van der Waals surface area contributed by atoms with Gasteiger partial charge in [0.15, 0.2) is 0 Å². The number of aromatic nitrogens is 2. The van der Waals surface area contributed by atoms with Crippen molar-refractivity contribution in [2.45, 2.75) is 59.0 Å². The fraction of sp³-hybridized carbons (Fsp3) is 0.824. The molecule has 4 heteroatoms. The molecular formula is C17H30N4. The third-order valence-electron chi connectivity index (χ3n) is 4.58. The predicted molar refractivity (Wildman–Crippen MR) is 87.6 cm³/mol. The minimum atomic E-state index is 0.691. The SMILES string of the molecule is Cc1nn(C)c(N(CC2CC2)C2CC2)c1CNCC(C)C. The van der Waals surface area contributed by atoms with Crippen LogP contribution in [0.5, 0.6) is 0 Å². The molecule has 1 N–H and O–H groups in total. The van der Waals surface area contributed by atoms with Crippen molar-refractivity contribution in [2.75, 3.05) is 18.0 Å². The van der Waals surface area contributed by atoms with Crippen molar-refractivity contribution in [1.29, 1.82) is 0 Å². The van der Waals surface area contributed by atoms with Gasteiger partial charge in [0.05, 0.1) is 5.69 Å². The van der Waals surface area contributed by atoms with Gasteiger partial charge in [0.2, 0.25) is 0 Å². The van der Waals surface area contributed by atoms with Gasteiger partial charge in [-0.1, -0.05) is 13.8 Å². The van der Waals surface area contributed by atoms with Crippen LogP contribution in [0.4, 0.5) is 5.82 Å². The second-order valence-electron chi connectivity index (χ2n) is 7.36. The second kappa shape index (κ2) is 5.99. The molecule has 2 saturated carbocycles. The lowest BCUT2D eigenvalue weighted by molar-refractivity contribution is 0.550. The van der Waals surface area contributed by atoms with E-state index < -0.39 is 0 Å². The summed E-state index contributed by atoms with van der Waals surface area (Å²) in [4.78, 5) is 2.66. The Morgan fingerprint density at radius 2 is 2.00 bits per heavy atom. The van der Waals surface area contributed by atoms with Gasteiger partial charge in [0.1, 0.15) is 5.82 Å². The maximum atomic E-state index is 4.70. The van der Waals surface area contributed by atoms with Crippen molar-refractivity contribution in [1.82, 2.24) is 15.1 Å². The molecule has 0 bridgehead atoms. The lowest BCUT2D eigenvalue weighted by atomic mass is 10.2. The molecule has 3 rings (SSSR count). The van der Waals surface area contributed by atoms with E-state index in [1.165, 1.54) is 49.3 Å². The van der Waals surface area contributed by atoms with Crippen LogP contribution in [-0.2, 0) is 13.6 Å². The highest BCUT2D eigenvalue weighted by Gasteiger charge is 2.36. The Balaban J connectivity index is 1.77. The van der Waals surface area contributed by atoms with Crippen molar-refractivity contribution in [2.24, 2.45) is 18.9 Å². The van der Waals surface area contributed by atoms with Gasteiger partial charge >= 0.3 is 0 Å².